The van der Waals surface area contributed by atoms with Crippen molar-refractivity contribution in [3.8, 4) is 11.3 Å². The van der Waals surface area contributed by atoms with Gasteiger partial charge < -0.3 is 9.67 Å². The highest BCUT2D eigenvalue weighted by atomic mass is 79.9. The van der Waals surface area contributed by atoms with E-state index in [2.05, 4.69) is 28.1 Å². The van der Waals surface area contributed by atoms with Gasteiger partial charge in [-0.25, -0.2) is 4.79 Å². The summed E-state index contributed by atoms with van der Waals surface area (Å²) in [6.45, 7) is 8.08. The lowest BCUT2D eigenvalue weighted by molar-refractivity contribution is 0.0683. The fraction of sp³-hybridized carbons (Fsp3) is 0.312. The molecule has 2 rings (SSSR count). The fourth-order valence-corrected chi connectivity index (χ4v) is 3.50. The molecule has 0 aliphatic carbocycles. The van der Waals surface area contributed by atoms with Crippen LogP contribution in [0, 0.1) is 13.8 Å². The average molecular weight is 336 g/mol. The molecule has 3 nitrogen and oxygen atoms in total. The largest absolute Gasteiger partial charge is 0.477 e. The van der Waals surface area contributed by atoms with Crippen molar-refractivity contribution in [2.75, 3.05) is 0 Å². The number of carboxylic acids is 1. The Morgan fingerprint density at radius 2 is 1.90 bits per heavy atom. The van der Waals surface area contributed by atoms with E-state index in [1.807, 2.05) is 38.3 Å². The number of aryl methyl sites for hydroxylation is 2. The maximum absolute atomic E-state index is 11.4. The number of nitrogens with zero attached hydrogens (tertiary/aromatic N) is 1. The maximum Gasteiger partial charge on any atom is 0.352 e. The molecule has 20 heavy (non-hydrogen) atoms. The lowest BCUT2D eigenvalue weighted by atomic mass is 10.0. The van der Waals surface area contributed by atoms with Crippen LogP contribution in [0.4, 0.5) is 0 Å². The summed E-state index contributed by atoms with van der Waals surface area (Å²) in [5, 5.41) is 9.32. The van der Waals surface area contributed by atoms with Gasteiger partial charge in [0.15, 0.2) is 0 Å². The predicted molar refractivity (Wildman–Crippen MR) is 84.4 cm³/mol. The van der Waals surface area contributed by atoms with E-state index in [0.29, 0.717) is 5.69 Å². The van der Waals surface area contributed by atoms with Gasteiger partial charge >= 0.3 is 5.97 Å². The molecule has 0 aliphatic heterocycles. The van der Waals surface area contributed by atoms with Crippen LogP contribution in [0.3, 0.4) is 0 Å². The lowest BCUT2D eigenvalue weighted by Crippen LogP contribution is -2.12. The van der Waals surface area contributed by atoms with Gasteiger partial charge in [0.2, 0.25) is 0 Å². The molecule has 0 fully saturated rings. The Kier molecular flexibility index (Phi) is 4.04. The van der Waals surface area contributed by atoms with Crippen molar-refractivity contribution in [2.45, 2.75) is 33.7 Å². The quantitative estimate of drug-likeness (QED) is 0.874. The van der Waals surface area contributed by atoms with E-state index >= 15 is 0 Å². The summed E-state index contributed by atoms with van der Waals surface area (Å²) in [6.07, 6.45) is 0. The van der Waals surface area contributed by atoms with E-state index in [4.69, 9.17) is 0 Å². The van der Waals surface area contributed by atoms with Gasteiger partial charge in [-0.1, -0.05) is 22.0 Å². The number of benzene rings is 1. The van der Waals surface area contributed by atoms with Crippen molar-refractivity contribution in [1.82, 2.24) is 4.57 Å². The zero-order valence-corrected chi connectivity index (χ0v) is 13.7. The molecule has 0 saturated carbocycles. The summed E-state index contributed by atoms with van der Waals surface area (Å²) in [5.74, 6) is -0.897. The van der Waals surface area contributed by atoms with Gasteiger partial charge in [0.05, 0.1) is 5.69 Å². The summed E-state index contributed by atoms with van der Waals surface area (Å²) in [5.41, 5.74) is 4.62. The topological polar surface area (TPSA) is 42.2 Å². The van der Waals surface area contributed by atoms with Crippen LogP contribution in [0.25, 0.3) is 11.3 Å². The number of rotatable bonds is 3. The lowest BCUT2D eigenvalue weighted by Gasteiger charge is -2.18. The number of halogens is 1. The first-order valence-electron chi connectivity index (χ1n) is 6.54. The van der Waals surface area contributed by atoms with Crippen LogP contribution in [0.5, 0.6) is 0 Å². The summed E-state index contributed by atoms with van der Waals surface area (Å²) >= 11 is 3.60. The molecule has 0 spiro atoms. The van der Waals surface area contributed by atoms with Gasteiger partial charge in [0.1, 0.15) is 5.69 Å². The number of carbonyl (C=O) groups is 1. The van der Waals surface area contributed by atoms with Crippen LogP contribution in [-0.4, -0.2) is 15.6 Å². The van der Waals surface area contributed by atoms with Gasteiger partial charge in [-0.3, -0.25) is 0 Å². The number of aromatic carboxylic acids is 1. The molecule has 4 heteroatoms. The molecule has 1 N–H and O–H groups in total. The van der Waals surface area contributed by atoms with E-state index in [0.717, 1.165) is 21.3 Å². The first kappa shape index (κ1) is 14.9. The van der Waals surface area contributed by atoms with Gasteiger partial charge in [-0.2, -0.15) is 0 Å². The third kappa shape index (κ3) is 2.52. The molecule has 2 aromatic rings. The standard InChI is InChI=1S/C16H18BrNO2/c1-9(2)18-13(5-6-14(18)16(19)20)15-11(4)7-10(3)8-12(15)17/h5-9H,1-4H3,(H,19,20). The fourth-order valence-electron chi connectivity index (χ4n) is 2.62. The van der Waals surface area contributed by atoms with Gasteiger partial charge in [0, 0.05) is 16.1 Å². The van der Waals surface area contributed by atoms with Crippen molar-refractivity contribution < 1.29 is 9.90 Å². The zero-order chi connectivity index (χ0) is 15.0. The molecule has 0 saturated heterocycles. The van der Waals surface area contributed by atoms with Crippen LogP contribution in [0.2, 0.25) is 0 Å². The van der Waals surface area contributed by atoms with Crippen molar-refractivity contribution >= 4 is 21.9 Å². The second kappa shape index (κ2) is 5.44. The highest BCUT2D eigenvalue weighted by Crippen LogP contribution is 2.35. The van der Waals surface area contributed by atoms with Crippen molar-refractivity contribution in [2.24, 2.45) is 0 Å². The second-order valence-corrected chi connectivity index (χ2v) is 6.17. The Morgan fingerprint density at radius 3 is 2.40 bits per heavy atom. The van der Waals surface area contributed by atoms with E-state index in [1.54, 1.807) is 6.07 Å². The molecule has 0 atom stereocenters. The van der Waals surface area contributed by atoms with Gasteiger partial charge in [-0.05, 0) is 57.0 Å². The minimum Gasteiger partial charge on any atom is -0.477 e. The molecular formula is C16H18BrNO2. The SMILES string of the molecule is Cc1cc(C)c(-c2ccc(C(=O)O)n2C(C)C)c(Br)c1. The smallest absolute Gasteiger partial charge is 0.352 e. The zero-order valence-electron chi connectivity index (χ0n) is 12.1. The maximum atomic E-state index is 11.4. The van der Waals surface area contributed by atoms with Crippen molar-refractivity contribution in [1.29, 1.82) is 0 Å². The minimum atomic E-state index is -0.897. The Balaban J connectivity index is 2.74. The molecular weight excluding hydrogens is 318 g/mol. The summed E-state index contributed by atoms with van der Waals surface area (Å²) < 4.78 is 2.86. The van der Waals surface area contributed by atoms with Crippen LogP contribution in [-0.2, 0) is 0 Å². The number of carboxylic acid groups (broad SMARTS) is 1. The van der Waals surface area contributed by atoms with Crippen LogP contribution in [0.1, 0.15) is 41.5 Å². The first-order chi connectivity index (χ1) is 9.32. The van der Waals surface area contributed by atoms with Gasteiger partial charge in [0.25, 0.3) is 0 Å². The van der Waals surface area contributed by atoms with Crippen molar-refractivity contribution in [3.05, 3.63) is 45.6 Å². The molecule has 106 valence electrons. The minimum absolute atomic E-state index is 0.0821. The predicted octanol–water partition coefficient (Wildman–Crippen LogP) is 4.81. The van der Waals surface area contributed by atoms with Crippen LogP contribution in [0.15, 0.2) is 28.7 Å². The monoisotopic (exact) mass is 335 g/mol. The Labute approximate surface area is 127 Å². The summed E-state index contributed by atoms with van der Waals surface area (Å²) in [6, 6.07) is 7.80. The third-order valence-corrected chi connectivity index (χ3v) is 3.97. The van der Waals surface area contributed by atoms with E-state index < -0.39 is 5.97 Å². The Hall–Kier alpha value is -1.55. The van der Waals surface area contributed by atoms with Crippen molar-refractivity contribution in [3.63, 3.8) is 0 Å². The molecule has 0 amide bonds. The molecule has 0 aliphatic rings. The molecule has 0 unspecified atom stereocenters. The van der Waals surface area contributed by atoms with Gasteiger partial charge in [-0.15, -0.1) is 0 Å². The molecule has 1 aromatic carbocycles. The van der Waals surface area contributed by atoms with Crippen LogP contribution >= 0.6 is 15.9 Å². The molecule has 0 bridgehead atoms. The number of aromatic nitrogens is 1. The normalized spacial score (nSPS) is 11.1. The van der Waals surface area contributed by atoms with Crippen LogP contribution < -0.4 is 0 Å². The summed E-state index contributed by atoms with van der Waals surface area (Å²) in [4.78, 5) is 11.4. The molecule has 1 heterocycles. The highest BCUT2D eigenvalue weighted by molar-refractivity contribution is 9.10. The Bertz CT molecular complexity index is 648. The van der Waals surface area contributed by atoms with E-state index in [-0.39, 0.29) is 6.04 Å². The average Bonchev–Trinajstić information content (AvgIpc) is 2.72. The molecule has 0 radical (unpaired) electrons. The number of hydrogen-bond donors (Lipinski definition) is 1. The second-order valence-electron chi connectivity index (χ2n) is 5.31. The van der Waals surface area contributed by atoms with E-state index in [1.165, 1.54) is 5.56 Å². The summed E-state index contributed by atoms with van der Waals surface area (Å²) in [7, 11) is 0. The number of hydrogen-bond acceptors (Lipinski definition) is 1. The van der Waals surface area contributed by atoms with E-state index in [9.17, 15) is 9.90 Å². The Morgan fingerprint density at radius 1 is 1.25 bits per heavy atom. The first-order valence-corrected chi connectivity index (χ1v) is 7.34. The highest BCUT2D eigenvalue weighted by Gasteiger charge is 2.19. The third-order valence-electron chi connectivity index (χ3n) is 3.34. The molecule has 1 aromatic heterocycles.